The lowest BCUT2D eigenvalue weighted by molar-refractivity contribution is 0.0984. The van der Waals surface area contributed by atoms with E-state index < -0.39 is 0 Å². The van der Waals surface area contributed by atoms with E-state index in [0.717, 1.165) is 25.7 Å². The van der Waals surface area contributed by atoms with Crippen LogP contribution in [0.4, 0.5) is 0 Å². The summed E-state index contributed by atoms with van der Waals surface area (Å²) >= 11 is 0. The molecule has 0 aromatic heterocycles. The number of nitrogens with two attached hydrogens (primary N) is 1. The van der Waals surface area contributed by atoms with Gasteiger partial charge in [-0.2, -0.15) is 0 Å². The Morgan fingerprint density at radius 2 is 2.07 bits per heavy atom. The minimum atomic E-state index is 0.559. The Balaban J connectivity index is 1.57. The van der Waals surface area contributed by atoms with Crippen LogP contribution in [0, 0.1) is 0 Å². The SMILES string of the molecule is NCCN(CCCC1CCCO1)C1CC1. The van der Waals surface area contributed by atoms with Crippen molar-refractivity contribution in [2.45, 2.75) is 50.7 Å². The van der Waals surface area contributed by atoms with Gasteiger partial charge in [0.2, 0.25) is 0 Å². The van der Waals surface area contributed by atoms with Crippen molar-refractivity contribution in [3.63, 3.8) is 0 Å². The van der Waals surface area contributed by atoms with Crippen molar-refractivity contribution >= 4 is 0 Å². The summed E-state index contributed by atoms with van der Waals surface area (Å²) in [6, 6.07) is 0.859. The number of nitrogens with zero attached hydrogens (tertiary/aromatic N) is 1. The van der Waals surface area contributed by atoms with E-state index in [9.17, 15) is 0 Å². The van der Waals surface area contributed by atoms with Gasteiger partial charge in [-0.15, -0.1) is 0 Å². The molecule has 15 heavy (non-hydrogen) atoms. The monoisotopic (exact) mass is 212 g/mol. The van der Waals surface area contributed by atoms with Crippen LogP contribution in [0.1, 0.15) is 38.5 Å². The molecule has 2 N–H and O–H groups in total. The highest BCUT2D eigenvalue weighted by Gasteiger charge is 2.28. The Labute approximate surface area is 93.0 Å². The number of rotatable bonds is 7. The highest BCUT2D eigenvalue weighted by Crippen LogP contribution is 2.27. The average Bonchev–Trinajstić information content (AvgIpc) is 2.96. The molecule has 1 heterocycles. The van der Waals surface area contributed by atoms with E-state index in [1.807, 2.05) is 0 Å². The molecule has 3 nitrogen and oxygen atoms in total. The van der Waals surface area contributed by atoms with Gasteiger partial charge in [0.05, 0.1) is 6.10 Å². The lowest BCUT2D eigenvalue weighted by Gasteiger charge is -2.21. The molecule has 1 atom stereocenters. The number of ether oxygens (including phenoxy) is 1. The number of hydrogen-bond acceptors (Lipinski definition) is 3. The van der Waals surface area contributed by atoms with Crippen molar-refractivity contribution in [1.29, 1.82) is 0 Å². The third kappa shape index (κ3) is 3.74. The van der Waals surface area contributed by atoms with Crippen molar-refractivity contribution in [1.82, 2.24) is 4.90 Å². The molecular weight excluding hydrogens is 188 g/mol. The van der Waals surface area contributed by atoms with E-state index in [1.165, 1.54) is 45.1 Å². The van der Waals surface area contributed by atoms with E-state index >= 15 is 0 Å². The summed E-state index contributed by atoms with van der Waals surface area (Å²) in [6.07, 6.45) is 8.40. The Morgan fingerprint density at radius 3 is 2.67 bits per heavy atom. The van der Waals surface area contributed by atoms with Crippen LogP contribution in [0.25, 0.3) is 0 Å². The molecule has 0 amide bonds. The summed E-state index contributed by atoms with van der Waals surface area (Å²) in [5.41, 5.74) is 5.62. The van der Waals surface area contributed by atoms with Crippen molar-refractivity contribution in [3.05, 3.63) is 0 Å². The molecule has 0 aromatic carbocycles. The fourth-order valence-corrected chi connectivity index (χ4v) is 2.48. The minimum Gasteiger partial charge on any atom is -0.378 e. The van der Waals surface area contributed by atoms with E-state index in [2.05, 4.69) is 4.90 Å². The first-order valence-corrected chi connectivity index (χ1v) is 6.46. The quantitative estimate of drug-likeness (QED) is 0.692. The third-order valence-corrected chi connectivity index (χ3v) is 3.48. The molecule has 1 aliphatic carbocycles. The predicted molar refractivity (Wildman–Crippen MR) is 61.9 cm³/mol. The van der Waals surface area contributed by atoms with Crippen LogP contribution in [-0.2, 0) is 4.74 Å². The van der Waals surface area contributed by atoms with Crippen molar-refractivity contribution < 1.29 is 4.74 Å². The predicted octanol–water partition coefficient (Wildman–Crippen LogP) is 1.37. The molecule has 0 radical (unpaired) electrons. The molecule has 3 heteroatoms. The second kappa shape index (κ2) is 5.83. The normalized spacial score (nSPS) is 26.4. The molecule has 1 aliphatic heterocycles. The van der Waals surface area contributed by atoms with Gasteiger partial charge in [0.15, 0.2) is 0 Å². The van der Waals surface area contributed by atoms with Crippen LogP contribution < -0.4 is 5.73 Å². The smallest absolute Gasteiger partial charge is 0.0576 e. The van der Waals surface area contributed by atoms with Gasteiger partial charge >= 0.3 is 0 Å². The first-order valence-electron chi connectivity index (χ1n) is 6.46. The summed E-state index contributed by atoms with van der Waals surface area (Å²) < 4.78 is 5.63. The van der Waals surface area contributed by atoms with Crippen LogP contribution in [-0.4, -0.2) is 43.3 Å². The van der Waals surface area contributed by atoms with Crippen molar-refractivity contribution in [2.24, 2.45) is 5.73 Å². The molecule has 1 saturated carbocycles. The molecule has 0 aromatic rings. The summed E-state index contributed by atoms with van der Waals surface area (Å²) in [7, 11) is 0. The molecule has 88 valence electrons. The summed E-state index contributed by atoms with van der Waals surface area (Å²) in [6.45, 7) is 4.09. The van der Waals surface area contributed by atoms with Crippen LogP contribution in [0.2, 0.25) is 0 Å². The lowest BCUT2D eigenvalue weighted by Crippen LogP contribution is -2.32. The highest BCUT2D eigenvalue weighted by molar-refractivity contribution is 4.84. The minimum absolute atomic E-state index is 0.559. The molecular formula is C12H24N2O. The van der Waals surface area contributed by atoms with Gasteiger partial charge in [-0.05, 0) is 45.1 Å². The Bertz CT molecular complexity index is 176. The molecule has 2 rings (SSSR count). The Hall–Kier alpha value is -0.120. The van der Waals surface area contributed by atoms with Gasteiger partial charge in [0.25, 0.3) is 0 Å². The topological polar surface area (TPSA) is 38.5 Å². The molecule has 2 fully saturated rings. The first kappa shape index (κ1) is 11.4. The zero-order valence-corrected chi connectivity index (χ0v) is 9.66. The van der Waals surface area contributed by atoms with Gasteiger partial charge < -0.3 is 10.5 Å². The van der Waals surface area contributed by atoms with Gasteiger partial charge in [-0.1, -0.05) is 0 Å². The zero-order chi connectivity index (χ0) is 10.5. The van der Waals surface area contributed by atoms with Gasteiger partial charge in [0.1, 0.15) is 0 Å². The van der Waals surface area contributed by atoms with E-state index in [4.69, 9.17) is 10.5 Å². The highest BCUT2D eigenvalue weighted by atomic mass is 16.5. The molecule has 0 spiro atoms. The van der Waals surface area contributed by atoms with Crippen LogP contribution >= 0.6 is 0 Å². The number of hydrogen-bond donors (Lipinski definition) is 1. The summed E-state index contributed by atoms with van der Waals surface area (Å²) in [5, 5.41) is 0. The van der Waals surface area contributed by atoms with Crippen LogP contribution in [0.3, 0.4) is 0 Å². The standard InChI is InChI=1S/C12H24N2O/c13-7-9-14(11-5-6-11)8-1-3-12-4-2-10-15-12/h11-12H,1-10,13H2. The molecule has 0 bridgehead atoms. The van der Waals surface area contributed by atoms with Crippen LogP contribution in [0.15, 0.2) is 0 Å². The summed E-state index contributed by atoms with van der Waals surface area (Å²) in [5.74, 6) is 0. The molecule has 1 saturated heterocycles. The Morgan fingerprint density at radius 1 is 1.20 bits per heavy atom. The third-order valence-electron chi connectivity index (χ3n) is 3.48. The Kier molecular flexibility index (Phi) is 4.42. The first-order chi connectivity index (χ1) is 7.40. The lowest BCUT2D eigenvalue weighted by atomic mass is 10.1. The second-order valence-electron chi connectivity index (χ2n) is 4.83. The van der Waals surface area contributed by atoms with E-state index in [-0.39, 0.29) is 0 Å². The second-order valence-corrected chi connectivity index (χ2v) is 4.83. The van der Waals surface area contributed by atoms with Gasteiger partial charge in [-0.3, -0.25) is 4.90 Å². The zero-order valence-electron chi connectivity index (χ0n) is 9.66. The van der Waals surface area contributed by atoms with Crippen LogP contribution in [0.5, 0.6) is 0 Å². The average molecular weight is 212 g/mol. The molecule has 2 aliphatic rings. The van der Waals surface area contributed by atoms with E-state index in [1.54, 1.807) is 0 Å². The maximum absolute atomic E-state index is 5.63. The molecule has 1 unspecified atom stereocenters. The fraction of sp³-hybridized carbons (Fsp3) is 1.00. The van der Waals surface area contributed by atoms with Crippen molar-refractivity contribution in [2.75, 3.05) is 26.2 Å². The maximum atomic E-state index is 5.63. The van der Waals surface area contributed by atoms with Gasteiger partial charge in [-0.25, -0.2) is 0 Å². The summed E-state index contributed by atoms with van der Waals surface area (Å²) in [4.78, 5) is 2.56. The van der Waals surface area contributed by atoms with E-state index in [0.29, 0.717) is 6.10 Å². The van der Waals surface area contributed by atoms with Crippen molar-refractivity contribution in [3.8, 4) is 0 Å². The fourth-order valence-electron chi connectivity index (χ4n) is 2.48. The maximum Gasteiger partial charge on any atom is 0.0576 e. The van der Waals surface area contributed by atoms with Gasteiger partial charge in [0, 0.05) is 25.7 Å². The largest absolute Gasteiger partial charge is 0.378 e.